The van der Waals surface area contributed by atoms with Gasteiger partial charge in [-0.3, -0.25) is 19.9 Å². The summed E-state index contributed by atoms with van der Waals surface area (Å²) < 4.78 is 0. The van der Waals surface area contributed by atoms with E-state index in [9.17, 15) is 0 Å². The van der Waals surface area contributed by atoms with Crippen LogP contribution in [0.25, 0.3) is 22.8 Å². The molecule has 0 radical (unpaired) electrons. The van der Waals surface area contributed by atoms with Gasteiger partial charge in [-0.1, -0.05) is 48.5 Å². The SMILES string of the molecule is Cc1cccc(-c2cccc(CCc3cccc(CCc4cccc(-c5cccc(CCCO)n5)n4)c3)n2)n1. The van der Waals surface area contributed by atoms with Crippen molar-refractivity contribution in [3.05, 3.63) is 131 Å². The lowest BCUT2D eigenvalue weighted by Gasteiger charge is -2.08. The Hall–Kier alpha value is -4.22. The smallest absolute Gasteiger partial charge is 0.0889 e. The Morgan fingerprint density at radius 3 is 1.41 bits per heavy atom. The summed E-state index contributed by atoms with van der Waals surface area (Å²) >= 11 is 0. The first-order chi connectivity index (χ1) is 19.2. The van der Waals surface area contributed by atoms with Crippen molar-refractivity contribution in [3.63, 3.8) is 0 Å². The molecule has 196 valence electrons. The quantitative estimate of drug-likeness (QED) is 0.221. The minimum Gasteiger partial charge on any atom is -0.396 e. The standard InChI is InChI=1S/C34H34N4O/c1-25-8-2-15-31(35-25)32-16-5-12-29(37-32)21-19-26-9-3-10-27(24-26)20-22-30-13-6-18-34(38-30)33-17-4-11-28(36-33)14-7-23-39/h2-6,8-13,15-18,24,39H,7,14,19-23H2,1H3. The number of aromatic nitrogens is 4. The molecule has 0 fully saturated rings. The summed E-state index contributed by atoms with van der Waals surface area (Å²) in [5, 5.41) is 9.11. The van der Waals surface area contributed by atoms with Crippen LogP contribution in [0.4, 0.5) is 0 Å². The topological polar surface area (TPSA) is 71.8 Å². The molecule has 0 aliphatic heterocycles. The summed E-state index contributed by atoms with van der Waals surface area (Å²) in [7, 11) is 0. The van der Waals surface area contributed by atoms with E-state index in [0.29, 0.717) is 0 Å². The van der Waals surface area contributed by atoms with Gasteiger partial charge in [-0.2, -0.15) is 0 Å². The molecule has 0 aliphatic rings. The number of aryl methyl sites for hydroxylation is 6. The first-order valence-electron chi connectivity index (χ1n) is 13.7. The van der Waals surface area contributed by atoms with Gasteiger partial charge in [0.1, 0.15) is 0 Å². The van der Waals surface area contributed by atoms with Gasteiger partial charge in [0.15, 0.2) is 0 Å². The molecular weight excluding hydrogens is 480 g/mol. The van der Waals surface area contributed by atoms with Gasteiger partial charge in [0.05, 0.1) is 22.8 Å². The summed E-state index contributed by atoms with van der Waals surface area (Å²) in [4.78, 5) is 19.1. The number of hydrogen-bond donors (Lipinski definition) is 1. The van der Waals surface area contributed by atoms with E-state index in [1.807, 2.05) is 55.5 Å². The van der Waals surface area contributed by atoms with Crippen LogP contribution in [0.15, 0.2) is 97.1 Å². The van der Waals surface area contributed by atoms with E-state index in [1.54, 1.807) is 0 Å². The molecule has 4 heterocycles. The average Bonchev–Trinajstić information content (AvgIpc) is 2.99. The average molecular weight is 515 g/mol. The highest BCUT2D eigenvalue weighted by molar-refractivity contribution is 5.55. The van der Waals surface area contributed by atoms with Gasteiger partial charge in [-0.05, 0) is 105 Å². The van der Waals surface area contributed by atoms with Gasteiger partial charge < -0.3 is 5.11 Å². The monoisotopic (exact) mass is 514 g/mol. The van der Waals surface area contributed by atoms with Gasteiger partial charge >= 0.3 is 0 Å². The molecule has 0 bridgehead atoms. The van der Waals surface area contributed by atoms with Crippen LogP contribution < -0.4 is 0 Å². The first-order valence-corrected chi connectivity index (χ1v) is 13.7. The Morgan fingerprint density at radius 1 is 0.487 bits per heavy atom. The van der Waals surface area contributed by atoms with Gasteiger partial charge in [-0.15, -0.1) is 0 Å². The molecule has 1 N–H and O–H groups in total. The maximum Gasteiger partial charge on any atom is 0.0889 e. The number of nitrogens with zero attached hydrogens (tertiary/aromatic N) is 4. The second-order valence-corrected chi connectivity index (χ2v) is 9.85. The molecule has 0 atom stereocenters. The van der Waals surface area contributed by atoms with Crippen LogP contribution >= 0.6 is 0 Å². The number of rotatable bonds is 11. The highest BCUT2D eigenvalue weighted by Gasteiger charge is 2.07. The van der Waals surface area contributed by atoms with E-state index in [2.05, 4.69) is 53.5 Å². The maximum absolute atomic E-state index is 9.11. The van der Waals surface area contributed by atoms with Crippen LogP contribution in [0.1, 0.15) is 40.3 Å². The zero-order chi connectivity index (χ0) is 26.9. The molecule has 0 saturated carbocycles. The van der Waals surface area contributed by atoms with Crippen molar-refractivity contribution in [2.45, 2.75) is 45.4 Å². The highest BCUT2D eigenvalue weighted by atomic mass is 16.2. The Labute approximate surface area is 230 Å². The lowest BCUT2D eigenvalue weighted by Crippen LogP contribution is -2.00. The fraction of sp³-hybridized carbons (Fsp3) is 0.235. The molecule has 5 aromatic rings. The van der Waals surface area contributed by atoms with E-state index in [0.717, 1.165) is 84.1 Å². The van der Waals surface area contributed by atoms with Crippen molar-refractivity contribution in [1.29, 1.82) is 0 Å². The summed E-state index contributed by atoms with van der Waals surface area (Å²) in [5.74, 6) is 0. The van der Waals surface area contributed by atoms with E-state index >= 15 is 0 Å². The fourth-order valence-corrected chi connectivity index (χ4v) is 4.72. The van der Waals surface area contributed by atoms with Crippen LogP contribution in [0.3, 0.4) is 0 Å². The third-order valence-corrected chi connectivity index (χ3v) is 6.76. The predicted molar refractivity (Wildman–Crippen MR) is 156 cm³/mol. The summed E-state index contributed by atoms with van der Waals surface area (Å²) in [5.41, 5.74) is 10.4. The van der Waals surface area contributed by atoms with Gasteiger partial charge in [0.2, 0.25) is 0 Å². The molecule has 1 aromatic carbocycles. The predicted octanol–water partition coefficient (Wildman–Crippen LogP) is 6.40. The third-order valence-electron chi connectivity index (χ3n) is 6.76. The van der Waals surface area contributed by atoms with Crippen molar-refractivity contribution < 1.29 is 5.11 Å². The van der Waals surface area contributed by atoms with E-state index in [4.69, 9.17) is 20.1 Å². The van der Waals surface area contributed by atoms with Crippen LogP contribution in [0, 0.1) is 6.92 Å². The molecule has 0 aliphatic carbocycles. The molecule has 0 saturated heterocycles. The molecular formula is C34H34N4O. The van der Waals surface area contributed by atoms with Crippen molar-refractivity contribution >= 4 is 0 Å². The zero-order valence-corrected chi connectivity index (χ0v) is 22.4. The molecule has 5 nitrogen and oxygen atoms in total. The van der Waals surface area contributed by atoms with Crippen LogP contribution in [-0.4, -0.2) is 31.6 Å². The highest BCUT2D eigenvalue weighted by Crippen LogP contribution is 2.19. The van der Waals surface area contributed by atoms with Crippen LogP contribution in [0.5, 0.6) is 0 Å². The molecule has 4 aromatic heterocycles. The largest absolute Gasteiger partial charge is 0.396 e. The maximum atomic E-state index is 9.11. The minimum atomic E-state index is 0.177. The summed E-state index contributed by atoms with van der Waals surface area (Å²) in [6.45, 7) is 2.18. The Morgan fingerprint density at radius 2 is 0.923 bits per heavy atom. The van der Waals surface area contributed by atoms with Gasteiger partial charge in [0.25, 0.3) is 0 Å². The normalized spacial score (nSPS) is 11.0. The van der Waals surface area contributed by atoms with Crippen LogP contribution in [-0.2, 0) is 32.1 Å². The molecule has 0 amide bonds. The lowest BCUT2D eigenvalue weighted by molar-refractivity contribution is 0.288. The van der Waals surface area contributed by atoms with E-state index < -0.39 is 0 Å². The van der Waals surface area contributed by atoms with Crippen molar-refractivity contribution in [3.8, 4) is 22.8 Å². The van der Waals surface area contributed by atoms with Gasteiger partial charge in [-0.25, -0.2) is 0 Å². The third kappa shape index (κ3) is 7.43. The Kier molecular flexibility index (Phi) is 8.82. The Balaban J connectivity index is 1.20. The first kappa shape index (κ1) is 26.4. The van der Waals surface area contributed by atoms with Crippen molar-refractivity contribution in [2.24, 2.45) is 0 Å². The number of benzene rings is 1. The molecule has 5 heteroatoms. The van der Waals surface area contributed by atoms with Crippen LogP contribution in [0.2, 0.25) is 0 Å². The second-order valence-electron chi connectivity index (χ2n) is 9.85. The number of aliphatic hydroxyl groups excluding tert-OH is 1. The fourth-order valence-electron chi connectivity index (χ4n) is 4.72. The zero-order valence-electron chi connectivity index (χ0n) is 22.4. The second kappa shape index (κ2) is 13.0. The molecule has 0 spiro atoms. The molecule has 39 heavy (non-hydrogen) atoms. The van der Waals surface area contributed by atoms with Crippen molar-refractivity contribution in [1.82, 2.24) is 19.9 Å². The molecule has 0 unspecified atom stereocenters. The van der Waals surface area contributed by atoms with E-state index in [1.165, 1.54) is 11.1 Å². The van der Waals surface area contributed by atoms with Crippen molar-refractivity contribution in [2.75, 3.05) is 6.61 Å². The number of aliphatic hydroxyl groups is 1. The number of pyridine rings is 4. The minimum absolute atomic E-state index is 0.177. The Bertz CT molecular complexity index is 1530. The molecule has 5 rings (SSSR count). The lowest BCUT2D eigenvalue weighted by atomic mass is 10.0. The summed E-state index contributed by atoms with van der Waals surface area (Å²) in [6.07, 6.45) is 5.12. The number of hydrogen-bond acceptors (Lipinski definition) is 5. The van der Waals surface area contributed by atoms with Gasteiger partial charge in [0, 0.05) is 29.4 Å². The summed E-state index contributed by atoms with van der Waals surface area (Å²) in [6, 6.07) is 33.3. The van der Waals surface area contributed by atoms with E-state index in [-0.39, 0.29) is 6.61 Å².